The zero-order valence-electron chi connectivity index (χ0n) is 11.3. The van der Waals surface area contributed by atoms with Crippen molar-refractivity contribution in [2.75, 3.05) is 0 Å². The summed E-state index contributed by atoms with van der Waals surface area (Å²) in [6.07, 6.45) is 1.75. The van der Waals surface area contributed by atoms with Crippen molar-refractivity contribution in [3.8, 4) is 5.82 Å². The highest BCUT2D eigenvalue weighted by molar-refractivity contribution is 5.76. The molecule has 0 amide bonds. The number of hydrogen-bond acceptors (Lipinski definition) is 2. The van der Waals surface area contributed by atoms with Gasteiger partial charge in [0.1, 0.15) is 5.82 Å². The van der Waals surface area contributed by atoms with Gasteiger partial charge in [-0.3, -0.25) is 0 Å². The van der Waals surface area contributed by atoms with Crippen LogP contribution < -0.4 is 5.69 Å². The zero-order chi connectivity index (χ0) is 13.8. The SMILES string of the molecule is CC.Cc1ccc(-n2c(=O)[nH]c3ccccc32)nc1. The first-order valence-corrected chi connectivity index (χ1v) is 6.38. The van der Waals surface area contributed by atoms with E-state index in [4.69, 9.17) is 0 Å². The minimum atomic E-state index is -0.164. The van der Waals surface area contributed by atoms with Crippen LogP contribution in [0.15, 0.2) is 47.4 Å². The van der Waals surface area contributed by atoms with Gasteiger partial charge in [-0.15, -0.1) is 0 Å². The molecular formula is C15H17N3O. The predicted molar refractivity (Wildman–Crippen MR) is 77.8 cm³/mol. The first kappa shape index (κ1) is 13.1. The molecule has 4 nitrogen and oxygen atoms in total. The number of nitrogens with zero attached hydrogens (tertiary/aromatic N) is 2. The van der Waals surface area contributed by atoms with Gasteiger partial charge in [0.05, 0.1) is 11.0 Å². The van der Waals surface area contributed by atoms with Crippen LogP contribution in [0.2, 0.25) is 0 Å². The van der Waals surface area contributed by atoms with Gasteiger partial charge in [-0.1, -0.05) is 32.0 Å². The Balaban J connectivity index is 0.000000637. The molecule has 0 bridgehead atoms. The average Bonchev–Trinajstić information content (AvgIpc) is 2.78. The Kier molecular flexibility index (Phi) is 3.80. The summed E-state index contributed by atoms with van der Waals surface area (Å²) < 4.78 is 1.58. The molecule has 0 aliphatic carbocycles. The third-order valence-corrected chi connectivity index (χ3v) is 2.71. The van der Waals surface area contributed by atoms with Crippen molar-refractivity contribution in [3.63, 3.8) is 0 Å². The van der Waals surface area contributed by atoms with Crippen molar-refractivity contribution >= 4 is 11.0 Å². The number of hydrogen-bond donors (Lipinski definition) is 1. The largest absolute Gasteiger partial charge is 0.332 e. The first-order chi connectivity index (χ1) is 9.25. The van der Waals surface area contributed by atoms with E-state index >= 15 is 0 Å². The number of aryl methyl sites for hydroxylation is 1. The summed E-state index contributed by atoms with van der Waals surface area (Å²) in [4.78, 5) is 19.0. The van der Waals surface area contributed by atoms with Crippen LogP contribution in [0.5, 0.6) is 0 Å². The van der Waals surface area contributed by atoms with Gasteiger partial charge in [0, 0.05) is 6.20 Å². The number of aromatic amines is 1. The van der Waals surface area contributed by atoms with Gasteiger partial charge in [0.15, 0.2) is 0 Å². The van der Waals surface area contributed by atoms with Gasteiger partial charge in [-0.2, -0.15) is 0 Å². The van der Waals surface area contributed by atoms with E-state index < -0.39 is 0 Å². The van der Waals surface area contributed by atoms with Crippen molar-refractivity contribution in [3.05, 3.63) is 58.6 Å². The lowest BCUT2D eigenvalue weighted by Gasteiger charge is -2.02. The standard InChI is InChI=1S/C13H11N3O.C2H6/c1-9-6-7-12(14-8-9)16-11-5-3-2-4-10(11)15-13(16)17;1-2/h2-8H,1H3,(H,15,17);1-2H3. The summed E-state index contributed by atoms with van der Waals surface area (Å²) in [5, 5.41) is 0. The number of benzene rings is 1. The van der Waals surface area contributed by atoms with Crippen LogP contribution in [0, 0.1) is 6.92 Å². The molecule has 0 saturated heterocycles. The molecule has 0 aliphatic heterocycles. The van der Waals surface area contributed by atoms with Crippen molar-refractivity contribution in [1.82, 2.24) is 14.5 Å². The van der Waals surface area contributed by atoms with Gasteiger partial charge >= 0.3 is 5.69 Å². The molecular weight excluding hydrogens is 238 g/mol. The molecule has 0 unspecified atom stereocenters. The molecule has 0 aliphatic rings. The maximum atomic E-state index is 11.9. The van der Waals surface area contributed by atoms with Crippen molar-refractivity contribution in [1.29, 1.82) is 0 Å². The summed E-state index contributed by atoms with van der Waals surface area (Å²) in [5.41, 5.74) is 2.57. The zero-order valence-corrected chi connectivity index (χ0v) is 11.3. The fourth-order valence-electron chi connectivity index (χ4n) is 1.87. The van der Waals surface area contributed by atoms with E-state index in [2.05, 4.69) is 9.97 Å². The van der Waals surface area contributed by atoms with E-state index in [1.165, 1.54) is 0 Å². The monoisotopic (exact) mass is 255 g/mol. The van der Waals surface area contributed by atoms with Crippen LogP contribution in [0.1, 0.15) is 19.4 Å². The molecule has 3 rings (SSSR count). The average molecular weight is 255 g/mol. The highest BCUT2D eigenvalue weighted by Gasteiger charge is 2.08. The Hall–Kier alpha value is -2.36. The third-order valence-electron chi connectivity index (χ3n) is 2.71. The summed E-state index contributed by atoms with van der Waals surface area (Å²) in [6, 6.07) is 11.4. The van der Waals surface area contributed by atoms with Crippen LogP contribution in [0.4, 0.5) is 0 Å². The maximum Gasteiger partial charge on any atom is 0.332 e. The van der Waals surface area contributed by atoms with Gasteiger partial charge in [0.25, 0.3) is 0 Å². The Morgan fingerprint density at radius 1 is 1.11 bits per heavy atom. The number of imidazole rings is 1. The lowest BCUT2D eigenvalue weighted by atomic mass is 10.3. The molecule has 2 aromatic heterocycles. The second kappa shape index (κ2) is 5.52. The minimum Gasteiger partial charge on any atom is -0.305 e. The lowest BCUT2D eigenvalue weighted by molar-refractivity contribution is 0.963. The molecule has 1 N–H and O–H groups in total. The van der Waals surface area contributed by atoms with E-state index in [0.717, 1.165) is 16.6 Å². The van der Waals surface area contributed by atoms with Crippen molar-refractivity contribution < 1.29 is 0 Å². The second-order valence-corrected chi connectivity index (χ2v) is 3.98. The second-order valence-electron chi connectivity index (χ2n) is 3.98. The molecule has 0 fully saturated rings. The Morgan fingerprint density at radius 2 is 1.84 bits per heavy atom. The normalized spacial score (nSPS) is 10.1. The smallest absolute Gasteiger partial charge is 0.305 e. The van der Waals surface area contributed by atoms with Gasteiger partial charge in [-0.05, 0) is 30.7 Å². The van der Waals surface area contributed by atoms with Crippen molar-refractivity contribution in [2.45, 2.75) is 20.8 Å². The predicted octanol–water partition coefficient (Wildman–Crippen LogP) is 3.05. The summed E-state index contributed by atoms with van der Waals surface area (Å²) in [7, 11) is 0. The number of aromatic nitrogens is 3. The molecule has 0 saturated carbocycles. The molecule has 19 heavy (non-hydrogen) atoms. The molecule has 2 heterocycles. The lowest BCUT2D eigenvalue weighted by Crippen LogP contribution is -2.15. The van der Waals surface area contributed by atoms with E-state index in [-0.39, 0.29) is 5.69 Å². The van der Waals surface area contributed by atoms with E-state index in [0.29, 0.717) is 5.82 Å². The van der Waals surface area contributed by atoms with Crippen LogP contribution in [-0.2, 0) is 0 Å². The number of H-pyrrole nitrogens is 1. The van der Waals surface area contributed by atoms with Gasteiger partial charge in [-0.25, -0.2) is 14.3 Å². The highest BCUT2D eigenvalue weighted by atomic mass is 16.1. The van der Waals surface area contributed by atoms with E-state index in [1.807, 2.05) is 57.2 Å². The molecule has 3 aromatic rings. The summed E-state index contributed by atoms with van der Waals surface area (Å²) >= 11 is 0. The van der Waals surface area contributed by atoms with E-state index in [1.54, 1.807) is 10.8 Å². The Labute approximate surface area is 111 Å². The van der Waals surface area contributed by atoms with Crippen LogP contribution >= 0.6 is 0 Å². The maximum absolute atomic E-state index is 11.9. The Morgan fingerprint density at radius 3 is 2.53 bits per heavy atom. The first-order valence-electron chi connectivity index (χ1n) is 6.38. The number of pyridine rings is 1. The fourth-order valence-corrected chi connectivity index (χ4v) is 1.87. The summed E-state index contributed by atoms with van der Waals surface area (Å²) in [6.45, 7) is 5.97. The van der Waals surface area contributed by atoms with Crippen LogP contribution in [-0.4, -0.2) is 14.5 Å². The van der Waals surface area contributed by atoms with Crippen LogP contribution in [0.25, 0.3) is 16.9 Å². The van der Waals surface area contributed by atoms with Crippen molar-refractivity contribution in [2.24, 2.45) is 0 Å². The Bertz CT molecular complexity index is 723. The molecule has 0 radical (unpaired) electrons. The quantitative estimate of drug-likeness (QED) is 0.726. The number of para-hydroxylation sites is 2. The third kappa shape index (κ3) is 2.42. The molecule has 0 atom stereocenters. The van der Waals surface area contributed by atoms with Crippen LogP contribution in [0.3, 0.4) is 0 Å². The fraction of sp³-hybridized carbons (Fsp3) is 0.200. The van der Waals surface area contributed by atoms with Gasteiger partial charge < -0.3 is 4.98 Å². The van der Waals surface area contributed by atoms with Gasteiger partial charge in [0.2, 0.25) is 0 Å². The molecule has 1 aromatic carbocycles. The number of rotatable bonds is 1. The topological polar surface area (TPSA) is 50.7 Å². The number of fused-ring (bicyclic) bond motifs is 1. The molecule has 4 heteroatoms. The number of nitrogens with one attached hydrogen (secondary N) is 1. The summed E-state index contributed by atoms with van der Waals surface area (Å²) in [5.74, 6) is 0.637. The molecule has 0 spiro atoms. The molecule has 98 valence electrons. The highest BCUT2D eigenvalue weighted by Crippen LogP contribution is 2.13. The van der Waals surface area contributed by atoms with E-state index in [9.17, 15) is 4.79 Å². The minimum absolute atomic E-state index is 0.164.